The molecule has 0 aliphatic carbocycles. The van der Waals surface area contributed by atoms with Gasteiger partial charge in [-0.25, -0.2) is 4.79 Å². The maximum absolute atomic E-state index is 12.1. The third-order valence-corrected chi connectivity index (χ3v) is 3.47. The Morgan fingerprint density at radius 1 is 1.00 bits per heavy atom. The third kappa shape index (κ3) is 4.02. The molecule has 2 aromatic carbocycles. The van der Waals surface area contributed by atoms with Crippen LogP contribution in [0, 0.1) is 0 Å². The minimum atomic E-state index is -0.662. The van der Waals surface area contributed by atoms with Crippen LogP contribution in [0.2, 0.25) is 5.02 Å². The Kier molecular flexibility index (Phi) is 5.60. The number of methoxy groups -OCH3 is 2. The number of esters is 1. The first-order valence-electron chi connectivity index (χ1n) is 6.73. The van der Waals surface area contributed by atoms with Crippen molar-refractivity contribution in [3.8, 4) is 11.5 Å². The molecule has 0 unspecified atom stereocenters. The zero-order chi connectivity index (χ0) is 16.8. The van der Waals surface area contributed by atoms with Crippen LogP contribution >= 0.6 is 11.6 Å². The van der Waals surface area contributed by atoms with E-state index in [2.05, 4.69) is 0 Å². The molecule has 0 heterocycles. The number of halogens is 1. The number of carbonyl (C=O) groups is 2. The van der Waals surface area contributed by atoms with E-state index in [1.165, 1.54) is 20.3 Å². The van der Waals surface area contributed by atoms with E-state index in [0.717, 1.165) is 0 Å². The molecule has 23 heavy (non-hydrogen) atoms. The van der Waals surface area contributed by atoms with Crippen LogP contribution in [0.3, 0.4) is 0 Å². The van der Waals surface area contributed by atoms with Crippen molar-refractivity contribution in [2.45, 2.75) is 0 Å². The Bertz CT molecular complexity index is 727. The summed E-state index contributed by atoms with van der Waals surface area (Å²) in [6, 6.07) is 11.3. The Balaban J connectivity index is 2.08. The number of carbonyl (C=O) groups excluding carboxylic acids is 2. The highest BCUT2D eigenvalue weighted by Gasteiger charge is 2.17. The lowest BCUT2D eigenvalue weighted by Gasteiger charge is -2.10. The highest BCUT2D eigenvalue weighted by Crippen LogP contribution is 2.25. The van der Waals surface area contributed by atoms with Crippen LogP contribution in [0.4, 0.5) is 0 Å². The fourth-order valence-electron chi connectivity index (χ4n) is 1.94. The second kappa shape index (κ2) is 7.65. The number of hydrogen-bond acceptors (Lipinski definition) is 5. The van der Waals surface area contributed by atoms with Crippen molar-refractivity contribution in [1.82, 2.24) is 0 Å². The lowest BCUT2D eigenvalue weighted by atomic mass is 10.1. The van der Waals surface area contributed by atoms with Gasteiger partial charge in [0.2, 0.25) is 5.78 Å². The van der Waals surface area contributed by atoms with Gasteiger partial charge in [-0.1, -0.05) is 23.7 Å². The minimum absolute atomic E-state index is 0.209. The molecule has 0 fully saturated rings. The third-order valence-electron chi connectivity index (χ3n) is 3.14. The first kappa shape index (κ1) is 16.8. The quantitative estimate of drug-likeness (QED) is 0.598. The van der Waals surface area contributed by atoms with Crippen LogP contribution < -0.4 is 9.47 Å². The summed E-state index contributed by atoms with van der Waals surface area (Å²) in [5, 5.41) is 0.315. The molecule has 120 valence electrons. The summed E-state index contributed by atoms with van der Waals surface area (Å²) in [7, 11) is 2.94. The molecule has 0 atom stereocenters. The fraction of sp³-hybridized carbons (Fsp3) is 0.176. The van der Waals surface area contributed by atoms with Crippen LogP contribution in [0.25, 0.3) is 0 Å². The van der Waals surface area contributed by atoms with Gasteiger partial charge in [-0.05, 0) is 24.3 Å². The molecule has 0 N–H and O–H groups in total. The molecular weight excluding hydrogens is 320 g/mol. The number of ether oxygens (including phenoxy) is 3. The Labute approximate surface area is 138 Å². The van der Waals surface area contributed by atoms with Gasteiger partial charge in [0.1, 0.15) is 17.1 Å². The van der Waals surface area contributed by atoms with E-state index in [4.69, 9.17) is 25.8 Å². The van der Waals surface area contributed by atoms with Crippen LogP contribution in [-0.4, -0.2) is 32.6 Å². The SMILES string of the molecule is COc1ccc(C(=O)OCC(=O)c2ccccc2Cl)c(OC)c1. The average Bonchev–Trinajstić information content (AvgIpc) is 2.59. The average molecular weight is 335 g/mol. The van der Waals surface area contributed by atoms with Crippen LogP contribution in [0.15, 0.2) is 42.5 Å². The summed E-state index contributed by atoms with van der Waals surface area (Å²) in [4.78, 5) is 24.2. The van der Waals surface area contributed by atoms with Gasteiger partial charge in [-0.15, -0.1) is 0 Å². The predicted octanol–water partition coefficient (Wildman–Crippen LogP) is 3.40. The van der Waals surface area contributed by atoms with Crippen molar-refractivity contribution in [1.29, 1.82) is 0 Å². The van der Waals surface area contributed by atoms with Gasteiger partial charge in [0, 0.05) is 11.6 Å². The Morgan fingerprint density at radius 2 is 1.74 bits per heavy atom. The Morgan fingerprint density at radius 3 is 2.39 bits per heavy atom. The maximum Gasteiger partial charge on any atom is 0.342 e. The molecule has 2 rings (SSSR count). The molecule has 0 aliphatic rings. The van der Waals surface area contributed by atoms with E-state index in [-0.39, 0.29) is 11.3 Å². The molecule has 0 bridgehead atoms. The predicted molar refractivity (Wildman–Crippen MR) is 85.6 cm³/mol. The second-order valence-corrected chi connectivity index (χ2v) is 4.95. The van der Waals surface area contributed by atoms with Gasteiger partial charge in [-0.3, -0.25) is 4.79 Å². The van der Waals surface area contributed by atoms with Gasteiger partial charge >= 0.3 is 5.97 Å². The highest BCUT2D eigenvalue weighted by atomic mass is 35.5. The molecule has 0 aromatic heterocycles. The van der Waals surface area contributed by atoms with Crippen molar-refractivity contribution in [3.05, 3.63) is 58.6 Å². The van der Waals surface area contributed by atoms with E-state index >= 15 is 0 Å². The lowest BCUT2D eigenvalue weighted by Crippen LogP contribution is -2.15. The van der Waals surface area contributed by atoms with Crippen molar-refractivity contribution >= 4 is 23.4 Å². The zero-order valence-corrected chi connectivity index (χ0v) is 13.4. The normalized spacial score (nSPS) is 10.0. The minimum Gasteiger partial charge on any atom is -0.497 e. The fourth-order valence-corrected chi connectivity index (χ4v) is 2.18. The van der Waals surface area contributed by atoms with E-state index < -0.39 is 12.6 Å². The van der Waals surface area contributed by atoms with Gasteiger partial charge < -0.3 is 14.2 Å². The van der Waals surface area contributed by atoms with Crippen LogP contribution in [0.5, 0.6) is 11.5 Å². The van der Waals surface area contributed by atoms with Gasteiger partial charge in [-0.2, -0.15) is 0 Å². The number of hydrogen-bond donors (Lipinski definition) is 0. The van der Waals surface area contributed by atoms with Gasteiger partial charge in [0.15, 0.2) is 6.61 Å². The molecule has 0 spiro atoms. The number of Topliss-reactive ketones (excluding diaryl/α,β-unsaturated/α-hetero) is 1. The molecule has 5 nitrogen and oxygen atoms in total. The molecule has 0 saturated heterocycles. The van der Waals surface area contributed by atoms with E-state index in [0.29, 0.717) is 22.1 Å². The second-order valence-electron chi connectivity index (χ2n) is 4.55. The summed E-state index contributed by atoms with van der Waals surface area (Å²) in [6.45, 7) is -0.405. The molecule has 2 aromatic rings. The van der Waals surface area contributed by atoms with Crippen LogP contribution in [0.1, 0.15) is 20.7 Å². The van der Waals surface area contributed by atoms with Crippen molar-refractivity contribution < 1.29 is 23.8 Å². The van der Waals surface area contributed by atoms with Crippen molar-refractivity contribution in [2.24, 2.45) is 0 Å². The van der Waals surface area contributed by atoms with E-state index in [9.17, 15) is 9.59 Å². The monoisotopic (exact) mass is 334 g/mol. The molecule has 0 saturated carbocycles. The largest absolute Gasteiger partial charge is 0.497 e. The molecule has 0 radical (unpaired) electrons. The standard InChI is InChI=1S/C17H15ClO5/c1-21-11-7-8-13(16(9-11)22-2)17(20)23-10-15(19)12-5-3-4-6-14(12)18/h3-9H,10H2,1-2H3. The van der Waals surface area contributed by atoms with E-state index in [1.54, 1.807) is 36.4 Å². The van der Waals surface area contributed by atoms with Crippen LogP contribution in [-0.2, 0) is 4.74 Å². The van der Waals surface area contributed by atoms with E-state index in [1.807, 2.05) is 0 Å². The number of benzene rings is 2. The zero-order valence-electron chi connectivity index (χ0n) is 12.7. The number of ketones is 1. The molecule has 0 aliphatic heterocycles. The van der Waals surface area contributed by atoms with Gasteiger partial charge in [0.25, 0.3) is 0 Å². The first-order chi connectivity index (χ1) is 11.1. The summed E-state index contributed by atoms with van der Waals surface area (Å²) >= 11 is 5.94. The van der Waals surface area contributed by atoms with Crippen molar-refractivity contribution in [3.63, 3.8) is 0 Å². The first-order valence-corrected chi connectivity index (χ1v) is 7.11. The summed E-state index contributed by atoms with van der Waals surface area (Å²) in [5.74, 6) is -0.188. The van der Waals surface area contributed by atoms with Crippen molar-refractivity contribution in [2.75, 3.05) is 20.8 Å². The number of rotatable bonds is 6. The summed E-state index contributed by atoms with van der Waals surface area (Å²) in [6.07, 6.45) is 0. The molecular formula is C17H15ClO5. The molecule has 6 heteroatoms. The van der Waals surface area contributed by atoms with Gasteiger partial charge in [0.05, 0.1) is 19.2 Å². The highest BCUT2D eigenvalue weighted by molar-refractivity contribution is 6.34. The molecule has 0 amide bonds. The smallest absolute Gasteiger partial charge is 0.342 e. The Hall–Kier alpha value is -2.53. The topological polar surface area (TPSA) is 61.8 Å². The summed E-state index contributed by atoms with van der Waals surface area (Å²) in [5.41, 5.74) is 0.518. The maximum atomic E-state index is 12.1. The summed E-state index contributed by atoms with van der Waals surface area (Å²) < 4.78 is 15.2. The lowest BCUT2D eigenvalue weighted by molar-refractivity contribution is 0.0471.